The Balaban J connectivity index is 1.52. The maximum absolute atomic E-state index is 12.9. The molecular weight excluding hydrogens is 466 g/mol. The summed E-state index contributed by atoms with van der Waals surface area (Å²) in [5, 5.41) is 22.5. The van der Waals surface area contributed by atoms with Crippen molar-refractivity contribution in [1.82, 2.24) is 14.9 Å². The molecule has 0 spiro atoms. The number of aliphatic hydroxyl groups is 2. The zero-order valence-electron chi connectivity index (χ0n) is 19.7. The van der Waals surface area contributed by atoms with Gasteiger partial charge in [0.05, 0.1) is 6.61 Å². The average Bonchev–Trinajstić information content (AvgIpc) is 3.22. The molecule has 0 saturated carbocycles. The lowest BCUT2D eigenvalue weighted by Crippen LogP contribution is -2.41. The first kappa shape index (κ1) is 25.5. The van der Waals surface area contributed by atoms with E-state index in [-0.39, 0.29) is 18.0 Å². The summed E-state index contributed by atoms with van der Waals surface area (Å²) in [6, 6.07) is 19.9. The number of aliphatic hydroxyl groups excluding tert-OH is 2. The van der Waals surface area contributed by atoms with Gasteiger partial charge in [-0.1, -0.05) is 60.7 Å². The van der Waals surface area contributed by atoms with Gasteiger partial charge in [0.2, 0.25) is 0 Å². The molecule has 0 bridgehead atoms. The highest BCUT2D eigenvalue weighted by atomic mass is 16.6. The smallest absolute Gasteiger partial charge is 0.330 e. The van der Waals surface area contributed by atoms with Crippen molar-refractivity contribution in [3.05, 3.63) is 104 Å². The number of nitrogens with one attached hydrogen (secondary N) is 2. The van der Waals surface area contributed by atoms with E-state index in [1.807, 2.05) is 60.7 Å². The molecule has 1 saturated heterocycles. The summed E-state index contributed by atoms with van der Waals surface area (Å²) in [6.45, 7) is -0.218. The minimum Gasteiger partial charge on any atom is -0.394 e. The molecule has 36 heavy (non-hydrogen) atoms. The van der Waals surface area contributed by atoms with Gasteiger partial charge in [0.15, 0.2) is 6.23 Å². The number of hydrogen-bond donors (Lipinski definition) is 4. The van der Waals surface area contributed by atoms with Gasteiger partial charge in [-0.2, -0.15) is 0 Å². The number of H-pyrrole nitrogens is 1. The minimum absolute atomic E-state index is 0.0335. The summed E-state index contributed by atoms with van der Waals surface area (Å²) >= 11 is 0. The summed E-state index contributed by atoms with van der Waals surface area (Å²) in [7, 11) is 1.32. The Morgan fingerprint density at radius 1 is 1.11 bits per heavy atom. The standard InChI is InChI=1S/C26H29N3O7/c1-35-22-21(31)20(15-30)36-25(22)29-14-19(24(33)28-26(29)34)23(32)27-13-12-18(16-8-4-2-5-9-16)17-10-6-3-7-11-17/h2-11,14,18,20-22,25,30-31H,12-13,15H2,1H3,(H,27,32)(H,28,33,34)/t20-,21+,22-,25-/m1/s1. The number of hydrogen-bond acceptors (Lipinski definition) is 7. The van der Waals surface area contributed by atoms with Crippen LogP contribution in [0.3, 0.4) is 0 Å². The molecule has 4 rings (SSSR count). The van der Waals surface area contributed by atoms with E-state index in [9.17, 15) is 24.6 Å². The van der Waals surface area contributed by atoms with E-state index in [2.05, 4.69) is 10.3 Å². The van der Waals surface area contributed by atoms with Crippen molar-refractivity contribution in [2.75, 3.05) is 20.3 Å². The Kier molecular flexibility index (Phi) is 8.11. The summed E-state index contributed by atoms with van der Waals surface area (Å²) in [5.74, 6) is -0.623. The topological polar surface area (TPSA) is 143 Å². The lowest BCUT2D eigenvalue weighted by Gasteiger charge is -2.21. The first-order valence-electron chi connectivity index (χ1n) is 11.6. The molecule has 0 unspecified atom stereocenters. The number of benzene rings is 2. The molecule has 1 amide bonds. The van der Waals surface area contributed by atoms with Crippen LogP contribution in [0, 0.1) is 0 Å². The summed E-state index contributed by atoms with van der Waals surface area (Å²) in [4.78, 5) is 40.0. The van der Waals surface area contributed by atoms with Crippen LogP contribution < -0.4 is 16.6 Å². The number of ether oxygens (including phenoxy) is 2. The van der Waals surface area contributed by atoms with Crippen LogP contribution in [0.2, 0.25) is 0 Å². The number of carbonyl (C=O) groups excluding carboxylic acids is 1. The molecule has 3 aromatic rings. The van der Waals surface area contributed by atoms with Gasteiger partial charge in [0.25, 0.3) is 11.5 Å². The third kappa shape index (κ3) is 5.31. The molecule has 10 heteroatoms. The largest absolute Gasteiger partial charge is 0.394 e. The third-order valence-electron chi connectivity index (χ3n) is 6.37. The molecular formula is C26H29N3O7. The molecule has 1 aliphatic heterocycles. The van der Waals surface area contributed by atoms with Gasteiger partial charge in [0.1, 0.15) is 23.9 Å². The molecule has 1 aromatic heterocycles. The lowest BCUT2D eigenvalue weighted by atomic mass is 9.88. The second kappa shape index (κ2) is 11.4. The fourth-order valence-corrected chi connectivity index (χ4v) is 4.51. The van der Waals surface area contributed by atoms with Gasteiger partial charge in [-0.15, -0.1) is 0 Å². The molecule has 2 heterocycles. The van der Waals surface area contributed by atoms with Crippen LogP contribution in [0.25, 0.3) is 0 Å². The van der Waals surface area contributed by atoms with Crippen molar-refractivity contribution < 1.29 is 24.5 Å². The van der Waals surface area contributed by atoms with Gasteiger partial charge in [-0.3, -0.25) is 19.1 Å². The van der Waals surface area contributed by atoms with Crippen molar-refractivity contribution >= 4 is 5.91 Å². The molecule has 0 radical (unpaired) electrons. The summed E-state index contributed by atoms with van der Waals surface area (Å²) in [5.41, 5.74) is 0.242. The highest BCUT2D eigenvalue weighted by Crippen LogP contribution is 2.30. The van der Waals surface area contributed by atoms with Crippen molar-refractivity contribution in [2.24, 2.45) is 0 Å². The number of rotatable bonds is 9. The zero-order valence-corrected chi connectivity index (χ0v) is 19.7. The summed E-state index contributed by atoms with van der Waals surface area (Å²) < 4.78 is 11.8. The summed E-state index contributed by atoms with van der Waals surface area (Å²) in [6.07, 6.45) is -2.64. The van der Waals surface area contributed by atoms with Crippen LogP contribution >= 0.6 is 0 Å². The van der Waals surface area contributed by atoms with Crippen LogP contribution in [0.4, 0.5) is 0 Å². The van der Waals surface area contributed by atoms with E-state index in [1.165, 1.54) is 7.11 Å². The van der Waals surface area contributed by atoms with E-state index < -0.39 is 48.3 Å². The first-order chi connectivity index (χ1) is 17.4. The first-order valence-corrected chi connectivity index (χ1v) is 11.6. The molecule has 4 atom stereocenters. The van der Waals surface area contributed by atoms with E-state index in [4.69, 9.17) is 9.47 Å². The number of amides is 1. The molecule has 1 aliphatic rings. The number of aromatic amines is 1. The number of methoxy groups -OCH3 is 1. The lowest BCUT2D eigenvalue weighted by molar-refractivity contribution is -0.0626. The van der Waals surface area contributed by atoms with Crippen molar-refractivity contribution in [1.29, 1.82) is 0 Å². The van der Waals surface area contributed by atoms with E-state index in [1.54, 1.807) is 0 Å². The second-order valence-corrected chi connectivity index (χ2v) is 8.57. The Bertz CT molecular complexity index is 1240. The highest BCUT2D eigenvalue weighted by Gasteiger charge is 2.45. The Morgan fingerprint density at radius 2 is 1.72 bits per heavy atom. The Labute approximate surface area is 207 Å². The van der Waals surface area contributed by atoms with E-state index in [0.29, 0.717) is 6.42 Å². The average molecular weight is 496 g/mol. The van der Waals surface area contributed by atoms with Crippen LogP contribution in [0.1, 0.15) is 40.1 Å². The van der Waals surface area contributed by atoms with E-state index >= 15 is 0 Å². The predicted molar refractivity (Wildman–Crippen MR) is 131 cm³/mol. The quantitative estimate of drug-likeness (QED) is 0.343. The molecule has 10 nitrogen and oxygen atoms in total. The number of nitrogens with zero attached hydrogens (tertiary/aromatic N) is 1. The van der Waals surface area contributed by atoms with Crippen LogP contribution in [0.15, 0.2) is 76.4 Å². The van der Waals surface area contributed by atoms with Crippen molar-refractivity contribution in [3.63, 3.8) is 0 Å². The number of carbonyl (C=O) groups is 1. The SMILES string of the molecule is CO[C@@H]1[C@@H](O)[C@@H](CO)O[C@H]1n1cc(C(=O)NCCC(c2ccccc2)c2ccccc2)c(=O)[nH]c1=O. The van der Waals surface area contributed by atoms with Gasteiger partial charge in [-0.05, 0) is 17.5 Å². The minimum atomic E-state index is -1.20. The fourth-order valence-electron chi connectivity index (χ4n) is 4.51. The Morgan fingerprint density at radius 3 is 2.28 bits per heavy atom. The maximum Gasteiger partial charge on any atom is 0.330 e. The van der Waals surface area contributed by atoms with Gasteiger partial charge >= 0.3 is 5.69 Å². The van der Waals surface area contributed by atoms with Crippen LogP contribution in [-0.2, 0) is 9.47 Å². The fraction of sp³-hybridized carbons (Fsp3) is 0.346. The van der Waals surface area contributed by atoms with Gasteiger partial charge in [0, 0.05) is 25.8 Å². The Hall–Kier alpha value is -3.57. The molecule has 190 valence electrons. The third-order valence-corrected chi connectivity index (χ3v) is 6.37. The molecule has 2 aromatic carbocycles. The second-order valence-electron chi connectivity index (χ2n) is 8.57. The van der Waals surface area contributed by atoms with E-state index in [0.717, 1.165) is 21.9 Å². The van der Waals surface area contributed by atoms with Gasteiger partial charge in [-0.25, -0.2) is 4.79 Å². The molecule has 0 aliphatic carbocycles. The normalized spacial score (nSPS) is 21.6. The number of aromatic nitrogens is 2. The van der Waals surface area contributed by atoms with Crippen molar-refractivity contribution in [3.8, 4) is 0 Å². The van der Waals surface area contributed by atoms with Gasteiger partial charge < -0.3 is 25.0 Å². The molecule has 1 fully saturated rings. The highest BCUT2D eigenvalue weighted by molar-refractivity contribution is 5.93. The predicted octanol–water partition coefficient (Wildman–Crippen LogP) is 0.754. The zero-order chi connectivity index (χ0) is 25.7. The van der Waals surface area contributed by atoms with Crippen molar-refractivity contribution in [2.45, 2.75) is 36.9 Å². The maximum atomic E-state index is 12.9. The molecule has 4 N–H and O–H groups in total. The van der Waals surface area contributed by atoms with Crippen LogP contribution in [0.5, 0.6) is 0 Å². The monoisotopic (exact) mass is 495 g/mol. The van der Waals surface area contributed by atoms with Crippen LogP contribution in [-0.4, -0.2) is 64.2 Å².